The van der Waals surface area contributed by atoms with Crippen LogP contribution in [-0.2, 0) is 17.8 Å². The maximum atomic E-state index is 13.4. The molecule has 5 aliphatic rings. The Balaban J connectivity index is 1.30. The van der Waals surface area contributed by atoms with Crippen molar-refractivity contribution in [3.8, 4) is 0 Å². The molecule has 0 saturated heterocycles. The minimum Gasteiger partial charge on any atom is -0.310 e. The van der Waals surface area contributed by atoms with E-state index in [-0.39, 0.29) is 11.3 Å². The van der Waals surface area contributed by atoms with Crippen LogP contribution in [0.2, 0.25) is 0 Å². The lowest BCUT2D eigenvalue weighted by molar-refractivity contribution is -0.140. The van der Waals surface area contributed by atoms with Gasteiger partial charge in [0.25, 0.3) is 0 Å². The molecule has 2 heterocycles. The summed E-state index contributed by atoms with van der Waals surface area (Å²) < 4.78 is 0. The van der Waals surface area contributed by atoms with Crippen molar-refractivity contribution in [1.82, 2.24) is 14.9 Å². The van der Waals surface area contributed by atoms with E-state index in [4.69, 9.17) is 0 Å². The molecule has 4 saturated carbocycles. The fourth-order valence-electron chi connectivity index (χ4n) is 6.78. The normalized spacial score (nSPS) is 33.9. The second-order valence-electron chi connectivity index (χ2n) is 10.5. The molecule has 0 atom stereocenters. The van der Waals surface area contributed by atoms with E-state index >= 15 is 0 Å². The lowest BCUT2D eigenvalue weighted by Gasteiger charge is -2.55. The van der Waals surface area contributed by atoms with Crippen molar-refractivity contribution < 1.29 is 4.79 Å². The van der Waals surface area contributed by atoms with Gasteiger partial charge in [-0.2, -0.15) is 0 Å². The summed E-state index contributed by atoms with van der Waals surface area (Å²) in [5, 5.41) is 3.28. The highest BCUT2D eigenvalue weighted by Crippen LogP contribution is 2.60. The van der Waals surface area contributed by atoms with Crippen LogP contribution in [-0.4, -0.2) is 33.9 Å². The molecule has 1 aromatic rings. The van der Waals surface area contributed by atoms with E-state index in [1.807, 2.05) is 0 Å². The standard InChI is InChI=1S/C23H34N4O/c1-15(2)3-5-27-6-4-19-20(13-27)24-14-25-21(19)26-22(28)23-10-16-7-17(11-23)9-18(8-16)12-23/h14-18H,3-13H2,1-2H3,(H,24,25,26,28). The Morgan fingerprint density at radius 1 is 1.18 bits per heavy atom. The van der Waals surface area contributed by atoms with Crippen LogP contribution in [0.1, 0.15) is 70.1 Å². The van der Waals surface area contributed by atoms with Crippen LogP contribution in [0.3, 0.4) is 0 Å². The molecular weight excluding hydrogens is 348 g/mol. The first-order chi connectivity index (χ1) is 13.5. The summed E-state index contributed by atoms with van der Waals surface area (Å²) in [7, 11) is 0. The van der Waals surface area contributed by atoms with Crippen LogP contribution in [0, 0.1) is 29.1 Å². The SMILES string of the molecule is CC(C)CCN1CCc2c(ncnc2NC(=O)C23CC4CC(CC(C4)C2)C3)C1. The fourth-order valence-corrected chi connectivity index (χ4v) is 6.78. The van der Waals surface area contributed by atoms with E-state index < -0.39 is 0 Å². The third-order valence-electron chi connectivity index (χ3n) is 7.86. The number of amides is 1. The van der Waals surface area contributed by atoms with E-state index in [2.05, 4.69) is 34.0 Å². The number of nitrogens with zero attached hydrogens (tertiary/aromatic N) is 3. The maximum Gasteiger partial charge on any atom is 0.231 e. The first-order valence-electron chi connectivity index (χ1n) is 11.4. The van der Waals surface area contributed by atoms with Gasteiger partial charge in [0.2, 0.25) is 5.91 Å². The topological polar surface area (TPSA) is 58.1 Å². The summed E-state index contributed by atoms with van der Waals surface area (Å²) in [6.45, 7) is 7.59. The number of aromatic nitrogens is 2. The van der Waals surface area contributed by atoms with Crippen LogP contribution in [0.4, 0.5) is 5.82 Å². The molecule has 0 unspecified atom stereocenters. The van der Waals surface area contributed by atoms with E-state index in [0.717, 1.165) is 80.5 Å². The second kappa shape index (κ2) is 7.08. The third-order valence-corrected chi connectivity index (χ3v) is 7.86. The highest BCUT2D eigenvalue weighted by Gasteiger charge is 2.54. The summed E-state index contributed by atoms with van der Waals surface area (Å²) in [5.74, 6) is 4.11. The van der Waals surface area contributed by atoms with E-state index in [1.165, 1.54) is 31.2 Å². The first kappa shape index (κ1) is 18.5. The summed E-state index contributed by atoms with van der Waals surface area (Å²) in [6, 6.07) is 0. The van der Waals surface area contributed by atoms with Crippen molar-refractivity contribution in [2.75, 3.05) is 18.4 Å². The van der Waals surface area contributed by atoms with E-state index in [9.17, 15) is 4.79 Å². The predicted octanol–water partition coefficient (Wildman–Crippen LogP) is 4.04. The van der Waals surface area contributed by atoms with E-state index in [0.29, 0.717) is 0 Å². The molecule has 0 radical (unpaired) electrons. The molecule has 152 valence electrons. The lowest BCUT2D eigenvalue weighted by atomic mass is 9.49. The van der Waals surface area contributed by atoms with Crippen LogP contribution >= 0.6 is 0 Å². The van der Waals surface area contributed by atoms with Crippen LogP contribution < -0.4 is 5.32 Å². The Morgan fingerprint density at radius 3 is 2.50 bits per heavy atom. The zero-order valence-corrected chi connectivity index (χ0v) is 17.4. The second-order valence-corrected chi connectivity index (χ2v) is 10.5. The maximum absolute atomic E-state index is 13.4. The monoisotopic (exact) mass is 382 g/mol. The van der Waals surface area contributed by atoms with Gasteiger partial charge in [-0.05, 0) is 81.6 Å². The van der Waals surface area contributed by atoms with Gasteiger partial charge in [-0.1, -0.05) is 13.8 Å². The molecule has 1 aliphatic heterocycles. The van der Waals surface area contributed by atoms with Crippen LogP contribution in [0.15, 0.2) is 6.33 Å². The quantitative estimate of drug-likeness (QED) is 0.835. The number of hydrogen-bond donors (Lipinski definition) is 1. The lowest BCUT2D eigenvalue weighted by Crippen LogP contribution is -2.52. The molecule has 4 bridgehead atoms. The highest BCUT2D eigenvalue weighted by atomic mass is 16.2. The Labute approximate surface area is 168 Å². The van der Waals surface area contributed by atoms with Gasteiger partial charge < -0.3 is 5.32 Å². The number of nitrogens with one attached hydrogen (secondary N) is 1. The van der Waals surface area contributed by atoms with Crippen molar-refractivity contribution in [2.24, 2.45) is 29.1 Å². The first-order valence-corrected chi connectivity index (χ1v) is 11.4. The minimum absolute atomic E-state index is 0.120. The van der Waals surface area contributed by atoms with Crippen molar-refractivity contribution in [3.05, 3.63) is 17.6 Å². The van der Waals surface area contributed by atoms with Crippen molar-refractivity contribution in [3.63, 3.8) is 0 Å². The highest BCUT2D eigenvalue weighted by molar-refractivity contribution is 5.95. The number of rotatable bonds is 5. The molecule has 0 aromatic carbocycles. The van der Waals surface area contributed by atoms with Crippen LogP contribution in [0.5, 0.6) is 0 Å². The van der Waals surface area contributed by atoms with Crippen molar-refractivity contribution in [2.45, 2.75) is 71.8 Å². The molecule has 6 rings (SSSR count). The Hall–Kier alpha value is -1.49. The van der Waals surface area contributed by atoms with E-state index in [1.54, 1.807) is 6.33 Å². The molecule has 1 aromatic heterocycles. The Kier molecular flexibility index (Phi) is 4.69. The third kappa shape index (κ3) is 3.36. The van der Waals surface area contributed by atoms with Gasteiger partial charge in [-0.3, -0.25) is 9.69 Å². The van der Waals surface area contributed by atoms with Crippen molar-refractivity contribution >= 4 is 11.7 Å². The zero-order valence-electron chi connectivity index (χ0n) is 17.4. The zero-order chi connectivity index (χ0) is 19.3. The molecule has 5 nitrogen and oxygen atoms in total. The molecule has 0 spiro atoms. The Bertz CT molecular complexity index is 724. The molecular formula is C23H34N4O. The molecule has 1 N–H and O–H groups in total. The number of carbonyl (C=O) groups is 1. The molecule has 1 amide bonds. The number of anilines is 1. The Morgan fingerprint density at radius 2 is 1.86 bits per heavy atom. The summed E-state index contributed by atoms with van der Waals surface area (Å²) >= 11 is 0. The smallest absolute Gasteiger partial charge is 0.231 e. The largest absolute Gasteiger partial charge is 0.310 e. The predicted molar refractivity (Wildman–Crippen MR) is 110 cm³/mol. The van der Waals surface area contributed by atoms with Gasteiger partial charge >= 0.3 is 0 Å². The van der Waals surface area contributed by atoms with Gasteiger partial charge in [0.05, 0.1) is 11.1 Å². The van der Waals surface area contributed by atoms with Gasteiger partial charge in [-0.25, -0.2) is 9.97 Å². The van der Waals surface area contributed by atoms with Gasteiger partial charge in [0.1, 0.15) is 12.1 Å². The average Bonchev–Trinajstić information content (AvgIpc) is 2.65. The molecule has 4 fully saturated rings. The average molecular weight is 383 g/mol. The van der Waals surface area contributed by atoms with Crippen LogP contribution in [0.25, 0.3) is 0 Å². The molecule has 4 aliphatic carbocycles. The number of carbonyl (C=O) groups excluding carboxylic acids is 1. The fraction of sp³-hybridized carbons (Fsp3) is 0.783. The molecule has 28 heavy (non-hydrogen) atoms. The minimum atomic E-state index is -0.120. The number of fused-ring (bicyclic) bond motifs is 1. The summed E-state index contributed by atoms with van der Waals surface area (Å²) in [6.07, 6.45) is 11.2. The summed E-state index contributed by atoms with van der Waals surface area (Å²) in [4.78, 5) is 24.9. The van der Waals surface area contributed by atoms with Gasteiger partial charge in [0, 0.05) is 18.7 Å². The van der Waals surface area contributed by atoms with Crippen molar-refractivity contribution in [1.29, 1.82) is 0 Å². The number of hydrogen-bond acceptors (Lipinski definition) is 4. The molecule has 5 heteroatoms. The van der Waals surface area contributed by atoms with Gasteiger partial charge in [0.15, 0.2) is 0 Å². The summed E-state index contributed by atoms with van der Waals surface area (Å²) in [5.41, 5.74) is 2.15. The van der Waals surface area contributed by atoms with Gasteiger partial charge in [-0.15, -0.1) is 0 Å².